The zero-order valence-corrected chi connectivity index (χ0v) is 14.3. The smallest absolute Gasteiger partial charge is 0.317 e. The van der Waals surface area contributed by atoms with Crippen molar-refractivity contribution in [3.05, 3.63) is 33.8 Å². The fourth-order valence-electron chi connectivity index (χ4n) is 2.75. The summed E-state index contributed by atoms with van der Waals surface area (Å²) >= 11 is 12.0. The van der Waals surface area contributed by atoms with Gasteiger partial charge in [0.1, 0.15) is 0 Å². The van der Waals surface area contributed by atoms with Crippen molar-refractivity contribution in [3.8, 4) is 0 Å². The van der Waals surface area contributed by atoms with Crippen LogP contribution >= 0.6 is 23.2 Å². The van der Waals surface area contributed by atoms with E-state index in [9.17, 15) is 9.90 Å². The Morgan fingerprint density at radius 2 is 2.05 bits per heavy atom. The molecule has 6 heteroatoms. The van der Waals surface area contributed by atoms with Gasteiger partial charge in [0.2, 0.25) is 0 Å². The van der Waals surface area contributed by atoms with Gasteiger partial charge in [0, 0.05) is 20.1 Å². The lowest BCUT2D eigenvalue weighted by atomic mass is 9.98. The number of nitrogens with zero attached hydrogens (tertiary/aromatic N) is 1. The van der Waals surface area contributed by atoms with Gasteiger partial charge in [0.25, 0.3) is 0 Å². The maximum absolute atomic E-state index is 12.1. The number of nitrogens with one attached hydrogen (secondary N) is 1. The molecule has 0 bridgehead atoms. The van der Waals surface area contributed by atoms with Crippen LogP contribution in [0.2, 0.25) is 10.0 Å². The molecule has 122 valence electrons. The maximum Gasteiger partial charge on any atom is 0.317 e. The molecule has 0 radical (unpaired) electrons. The Balaban J connectivity index is 1.80. The molecule has 2 rings (SSSR count). The zero-order chi connectivity index (χ0) is 16.2. The van der Waals surface area contributed by atoms with E-state index >= 15 is 0 Å². The highest BCUT2D eigenvalue weighted by Crippen LogP contribution is 2.32. The van der Waals surface area contributed by atoms with Crippen LogP contribution in [-0.2, 0) is 6.54 Å². The largest absolute Gasteiger partial charge is 0.390 e. The van der Waals surface area contributed by atoms with Crippen molar-refractivity contribution in [2.75, 3.05) is 13.6 Å². The maximum atomic E-state index is 12.1. The van der Waals surface area contributed by atoms with Crippen LogP contribution < -0.4 is 5.32 Å². The highest BCUT2D eigenvalue weighted by atomic mass is 35.5. The van der Waals surface area contributed by atoms with E-state index in [4.69, 9.17) is 23.2 Å². The number of halogens is 2. The topological polar surface area (TPSA) is 52.6 Å². The molecule has 1 saturated carbocycles. The molecule has 1 aromatic carbocycles. The summed E-state index contributed by atoms with van der Waals surface area (Å²) in [5.74, 6) is 0. The molecule has 0 aromatic heterocycles. The fourth-order valence-corrected chi connectivity index (χ4v) is 3.14. The SMILES string of the molecule is CN(CCC1(O)CCCC1)C(=O)NCc1cccc(Cl)c1Cl. The molecule has 22 heavy (non-hydrogen) atoms. The Kier molecular flexibility index (Phi) is 5.95. The second-order valence-corrected chi connectivity index (χ2v) is 6.76. The predicted molar refractivity (Wildman–Crippen MR) is 89.4 cm³/mol. The molecule has 0 heterocycles. The number of hydrogen-bond donors (Lipinski definition) is 2. The molecule has 0 atom stereocenters. The lowest BCUT2D eigenvalue weighted by molar-refractivity contribution is 0.0331. The van der Waals surface area contributed by atoms with E-state index in [1.165, 1.54) is 0 Å². The highest BCUT2D eigenvalue weighted by molar-refractivity contribution is 6.42. The minimum atomic E-state index is -0.592. The summed E-state index contributed by atoms with van der Waals surface area (Å²) in [6, 6.07) is 5.16. The number of hydrogen-bond acceptors (Lipinski definition) is 2. The van der Waals surface area contributed by atoms with Gasteiger partial charge in [-0.1, -0.05) is 48.2 Å². The lowest BCUT2D eigenvalue weighted by Gasteiger charge is -2.26. The van der Waals surface area contributed by atoms with Crippen molar-refractivity contribution in [1.82, 2.24) is 10.2 Å². The predicted octanol–water partition coefficient (Wildman–Crippen LogP) is 3.83. The molecule has 0 aliphatic heterocycles. The van der Waals surface area contributed by atoms with Crippen LogP contribution in [0.15, 0.2) is 18.2 Å². The molecule has 1 fully saturated rings. The Morgan fingerprint density at radius 3 is 2.73 bits per heavy atom. The van der Waals surface area contributed by atoms with Crippen LogP contribution in [0.25, 0.3) is 0 Å². The molecule has 1 aliphatic carbocycles. The van der Waals surface area contributed by atoms with E-state index < -0.39 is 5.60 Å². The number of aliphatic hydroxyl groups is 1. The van der Waals surface area contributed by atoms with Crippen molar-refractivity contribution >= 4 is 29.2 Å². The normalized spacial score (nSPS) is 16.5. The number of rotatable bonds is 5. The molecule has 2 N–H and O–H groups in total. The van der Waals surface area contributed by atoms with Gasteiger partial charge in [-0.3, -0.25) is 0 Å². The molecule has 1 aromatic rings. The monoisotopic (exact) mass is 344 g/mol. The number of carbonyl (C=O) groups is 1. The Morgan fingerprint density at radius 1 is 1.36 bits per heavy atom. The molecule has 0 saturated heterocycles. The van der Waals surface area contributed by atoms with Gasteiger partial charge in [-0.05, 0) is 30.9 Å². The first kappa shape index (κ1) is 17.4. The fraction of sp³-hybridized carbons (Fsp3) is 0.562. The standard InChI is InChI=1S/C16H22Cl2N2O2/c1-20(10-9-16(22)7-2-3-8-16)15(21)19-11-12-5-4-6-13(17)14(12)18/h4-6,22H,2-3,7-11H2,1H3,(H,19,21). The van der Waals surface area contributed by atoms with Crippen LogP contribution in [0.1, 0.15) is 37.7 Å². The Hall–Kier alpha value is -0.970. The number of urea groups is 1. The van der Waals surface area contributed by atoms with E-state index in [2.05, 4.69) is 5.32 Å². The van der Waals surface area contributed by atoms with E-state index in [-0.39, 0.29) is 6.03 Å². The van der Waals surface area contributed by atoms with Gasteiger partial charge in [0.15, 0.2) is 0 Å². The minimum Gasteiger partial charge on any atom is -0.390 e. The number of carbonyl (C=O) groups excluding carboxylic acids is 1. The second-order valence-electron chi connectivity index (χ2n) is 5.97. The van der Waals surface area contributed by atoms with Crippen molar-refractivity contribution in [2.45, 2.75) is 44.2 Å². The Bertz CT molecular complexity index is 531. The summed E-state index contributed by atoms with van der Waals surface area (Å²) < 4.78 is 0. The second kappa shape index (κ2) is 7.53. The third kappa shape index (κ3) is 4.51. The van der Waals surface area contributed by atoms with E-state index in [0.29, 0.717) is 29.6 Å². The Labute approximate surface area is 141 Å². The van der Waals surface area contributed by atoms with Gasteiger partial charge >= 0.3 is 6.03 Å². The van der Waals surface area contributed by atoms with Gasteiger partial charge in [-0.15, -0.1) is 0 Å². The quantitative estimate of drug-likeness (QED) is 0.852. The summed E-state index contributed by atoms with van der Waals surface area (Å²) in [7, 11) is 1.73. The van der Waals surface area contributed by atoms with E-state index in [1.54, 1.807) is 24.1 Å². The lowest BCUT2D eigenvalue weighted by Crippen LogP contribution is -2.40. The average molecular weight is 345 g/mol. The molecule has 2 amide bonds. The summed E-state index contributed by atoms with van der Waals surface area (Å²) in [4.78, 5) is 13.7. The summed E-state index contributed by atoms with van der Waals surface area (Å²) in [6.45, 7) is 0.860. The zero-order valence-electron chi connectivity index (χ0n) is 12.7. The van der Waals surface area contributed by atoms with Crippen LogP contribution in [0.3, 0.4) is 0 Å². The molecule has 0 spiro atoms. The van der Waals surface area contributed by atoms with Gasteiger partial charge in [-0.2, -0.15) is 0 Å². The molecule has 4 nitrogen and oxygen atoms in total. The molecular formula is C16H22Cl2N2O2. The molecule has 0 unspecified atom stereocenters. The molecular weight excluding hydrogens is 323 g/mol. The van der Waals surface area contributed by atoms with E-state index in [1.807, 2.05) is 6.07 Å². The van der Waals surface area contributed by atoms with Gasteiger partial charge in [-0.25, -0.2) is 4.79 Å². The van der Waals surface area contributed by atoms with Crippen molar-refractivity contribution in [1.29, 1.82) is 0 Å². The summed E-state index contributed by atoms with van der Waals surface area (Å²) in [5, 5.41) is 14.1. The molecule has 1 aliphatic rings. The van der Waals surface area contributed by atoms with Gasteiger partial charge < -0.3 is 15.3 Å². The van der Waals surface area contributed by atoms with Crippen molar-refractivity contribution in [3.63, 3.8) is 0 Å². The highest BCUT2D eigenvalue weighted by Gasteiger charge is 2.31. The van der Waals surface area contributed by atoms with E-state index in [0.717, 1.165) is 31.2 Å². The van der Waals surface area contributed by atoms with Crippen LogP contribution in [0.4, 0.5) is 4.79 Å². The van der Waals surface area contributed by atoms with Crippen LogP contribution in [0, 0.1) is 0 Å². The number of amides is 2. The average Bonchev–Trinajstić information content (AvgIpc) is 2.93. The first-order chi connectivity index (χ1) is 10.4. The minimum absolute atomic E-state index is 0.183. The first-order valence-corrected chi connectivity index (χ1v) is 8.31. The third-order valence-electron chi connectivity index (χ3n) is 4.26. The third-order valence-corrected chi connectivity index (χ3v) is 5.11. The number of benzene rings is 1. The first-order valence-electron chi connectivity index (χ1n) is 7.55. The van der Waals surface area contributed by atoms with Gasteiger partial charge in [0.05, 0.1) is 15.6 Å². The van der Waals surface area contributed by atoms with Crippen molar-refractivity contribution in [2.24, 2.45) is 0 Å². The van der Waals surface area contributed by atoms with Crippen LogP contribution in [-0.4, -0.2) is 35.2 Å². The summed E-state index contributed by atoms with van der Waals surface area (Å²) in [5.41, 5.74) is 0.190. The van der Waals surface area contributed by atoms with Crippen LogP contribution in [0.5, 0.6) is 0 Å². The summed E-state index contributed by atoms with van der Waals surface area (Å²) in [6.07, 6.45) is 4.43. The van der Waals surface area contributed by atoms with Crippen molar-refractivity contribution < 1.29 is 9.90 Å².